The third kappa shape index (κ3) is 8.47. The number of carbonyl (C=O) groups excluding carboxylic acids is 2. The number of hydrogen-bond acceptors (Lipinski definition) is 4. The summed E-state index contributed by atoms with van der Waals surface area (Å²) in [5, 5.41) is 2.98. The van der Waals surface area contributed by atoms with Gasteiger partial charge in [-0.1, -0.05) is 73.7 Å². The molecule has 0 radical (unpaired) electrons. The average Bonchev–Trinajstić information content (AvgIpc) is 2.96. The van der Waals surface area contributed by atoms with Crippen LogP contribution in [-0.4, -0.2) is 55.1 Å². The molecule has 0 fully saturated rings. The minimum atomic E-state index is -3.70. The van der Waals surface area contributed by atoms with Crippen LogP contribution in [0.1, 0.15) is 44.2 Å². The summed E-state index contributed by atoms with van der Waals surface area (Å²) in [6.07, 6.45) is 1.20. The van der Waals surface area contributed by atoms with Crippen molar-refractivity contribution in [3.63, 3.8) is 0 Å². The molecule has 40 heavy (non-hydrogen) atoms. The first-order valence-corrected chi connectivity index (χ1v) is 15.0. The molecule has 3 rings (SSSR count). The number of nitrogens with one attached hydrogen (secondary N) is 1. The maximum atomic E-state index is 14.7. The van der Waals surface area contributed by atoms with Gasteiger partial charge in [-0.05, 0) is 43.5 Å². The van der Waals surface area contributed by atoms with Crippen molar-refractivity contribution in [1.82, 2.24) is 14.5 Å². The molecule has 7 nitrogen and oxygen atoms in total. The van der Waals surface area contributed by atoms with Crippen LogP contribution in [0.5, 0.6) is 0 Å². The number of amides is 2. The van der Waals surface area contributed by atoms with E-state index < -0.39 is 21.9 Å². The molecule has 2 atom stereocenters. The molecule has 9 heteroatoms. The fourth-order valence-corrected chi connectivity index (χ4v) is 5.52. The van der Waals surface area contributed by atoms with Gasteiger partial charge in [0.25, 0.3) is 0 Å². The maximum Gasteiger partial charge on any atom is 0.243 e. The Morgan fingerprint density at radius 2 is 1.52 bits per heavy atom. The van der Waals surface area contributed by atoms with E-state index in [-0.39, 0.29) is 55.1 Å². The first kappa shape index (κ1) is 31.0. The van der Waals surface area contributed by atoms with E-state index in [4.69, 9.17) is 0 Å². The normalized spacial score (nSPS) is 13.0. The van der Waals surface area contributed by atoms with Crippen LogP contribution in [0.15, 0.2) is 89.8 Å². The third-order valence-electron chi connectivity index (χ3n) is 6.89. The Kier molecular flexibility index (Phi) is 11.4. The molecular formula is C31H38FN3O4S. The van der Waals surface area contributed by atoms with E-state index >= 15 is 0 Å². The summed E-state index contributed by atoms with van der Waals surface area (Å²) in [4.78, 5) is 28.8. The van der Waals surface area contributed by atoms with Crippen LogP contribution in [0, 0.1) is 5.82 Å². The molecule has 0 saturated heterocycles. The van der Waals surface area contributed by atoms with Gasteiger partial charge in [0.05, 0.1) is 4.90 Å². The number of hydrogen-bond donors (Lipinski definition) is 1. The van der Waals surface area contributed by atoms with Gasteiger partial charge in [-0.2, -0.15) is 0 Å². The second kappa shape index (κ2) is 14.7. The molecule has 0 aliphatic carbocycles. The predicted octanol–water partition coefficient (Wildman–Crippen LogP) is 4.78. The van der Waals surface area contributed by atoms with Crippen molar-refractivity contribution in [2.24, 2.45) is 0 Å². The van der Waals surface area contributed by atoms with Crippen LogP contribution in [-0.2, 0) is 32.6 Å². The molecule has 3 aromatic carbocycles. The first-order valence-electron chi connectivity index (χ1n) is 13.5. The van der Waals surface area contributed by atoms with E-state index in [0.29, 0.717) is 12.0 Å². The molecule has 0 unspecified atom stereocenters. The molecular weight excluding hydrogens is 529 g/mol. The van der Waals surface area contributed by atoms with Crippen molar-refractivity contribution in [2.45, 2.75) is 63.1 Å². The van der Waals surface area contributed by atoms with E-state index in [9.17, 15) is 22.4 Å². The van der Waals surface area contributed by atoms with Gasteiger partial charge in [-0.25, -0.2) is 17.1 Å². The third-order valence-corrected chi connectivity index (χ3v) is 8.76. The second-order valence-electron chi connectivity index (χ2n) is 9.88. The summed E-state index contributed by atoms with van der Waals surface area (Å²) in [6, 6.07) is 22.7. The lowest BCUT2D eigenvalue weighted by atomic mass is 10.0. The molecule has 1 N–H and O–H groups in total. The molecule has 0 bridgehead atoms. The Hall–Kier alpha value is -3.56. The lowest BCUT2D eigenvalue weighted by molar-refractivity contribution is -0.141. The van der Waals surface area contributed by atoms with E-state index in [2.05, 4.69) is 5.32 Å². The summed E-state index contributed by atoms with van der Waals surface area (Å²) in [7, 11) is -2.23. The Labute approximate surface area is 237 Å². The van der Waals surface area contributed by atoms with Gasteiger partial charge in [-0.3, -0.25) is 9.59 Å². The molecule has 0 spiro atoms. The topological polar surface area (TPSA) is 86.8 Å². The SMILES string of the molecule is CC[C@H](C)NC(=O)[C@@H](Cc1ccccc1)N(Cc1ccccc1F)C(=O)CCCN(C)S(=O)(=O)c1ccccc1. The van der Waals surface area contributed by atoms with Crippen LogP contribution in [0.25, 0.3) is 0 Å². The zero-order valence-corrected chi connectivity index (χ0v) is 24.1. The van der Waals surface area contributed by atoms with Gasteiger partial charge >= 0.3 is 0 Å². The fraction of sp³-hybridized carbons (Fsp3) is 0.355. The fourth-order valence-electron chi connectivity index (χ4n) is 4.29. The van der Waals surface area contributed by atoms with Crippen LogP contribution >= 0.6 is 0 Å². The van der Waals surface area contributed by atoms with Crippen molar-refractivity contribution in [3.8, 4) is 0 Å². The van der Waals surface area contributed by atoms with Crippen molar-refractivity contribution in [1.29, 1.82) is 0 Å². The molecule has 214 valence electrons. The maximum absolute atomic E-state index is 14.7. The molecule has 0 aliphatic rings. The zero-order chi connectivity index (χ0) is 29.1. The quantitative estimate of drug-likeness (QED) is 0.304. The minimum absolute atomic E-state index is 0.00893. The smallest absolute Gasteiger partial charge is 0.243 e. The lowest BCUT2D eigenvalue weighted by Gasteiger charge is -2.32. The van der Waals surface area contributed by atoms with Crippen molar-refractivity contribution in [3.05, 3.63) is 102 Å². The summed E-state index contributed by atoms with van der Waals surface area (Å²) in [5.41, 5.74) is 1.17. The zero-order valence-electron chi connectivity index (χ0n) is 23.3. The molecule has 2 amide bonds. The van der Waals surface area contributed by atoms with Gasteiger partial charge < -0.3 is 10.2 Å². The summed E-state index contributed by atoms with van der Waals surface area (Å²) in [6.45, 7) is 3.87. The molecule has 0 heterocycles. The number of carbonyl (C=O) groups is 2. The number of nitrogens with zero attached hydrogens (tertiary/aromatic N) is 2. The van der Waals surface area contributed by atoms with E-state index in [1.165, 1.54) is 34.5 Å². The van der Waals surface area contributed by atoms with Crippen LogP contribution in [0.2, 0.25) is 0 Å². The van der Waals surface area contributed by atoms with E-state index in [1.807, 2.05) is 44.2 Å². The minimum Gasteiger partial charge on any atom is -0.352 e. The molecule has 0 saturated carbocycles. The van der Waals surface area contributed by atoms with Gasteiger partial charge in [0.2, 0.25) is 21.8 Å². The Balaban J connectivity index is 1.84. The molecule has 0 aliphatic heterocycles. The monoisotopic (exact) mass is 567 g/mol. The first-order chi connectivity index (χ1) is 19.1. The van der Waals surface area contributed by atoms with Crippen molar-refractivity contribution >= 4 is 21.8 Å². The Morgan fingerprint density at radius 3 is 2.15 bits per heavy atom. The highest BCUT2D eigenvalue weighted by molar-refractivity contribution is 7.89. The number of benzene rings is 3. The Bertz CT molecular complexity index is 1350. The average molecular weight is 568 g/mol. The summed E-state index contributed by atoms with van der Waals surface area (Å²) >= 11 is 0. The van der Waals surface area contributed by atoms with Crippen molar-refractivity contribution < 1.29 is 22.4 Å². The Morgan fingerprint density at radius 1 is 0.925 bits per heavy atom. The predicted molar refractivity (Wildman–Crippen MR) is 154 cm³/mol. The second-order valence-corrected chi connectivity index (χ2v) is 11.9. The van der Waals surface area contributed by atoms with Gasteiger partial charge in [0.1, 0.15) is 11.9 Å². The van der Waals surface area contributed by atoms with Gasteiger partial charge in [0, 0.05) is 44.6 Å². The number of halogens is 1. The molecule has 0 aromatic heterocycles. The highest BCUT2D eigenvalue weighted by Gasteiger charge is 2.31. The number of rotatable bonds is 14. The van der Waals surface area contributed by atoms with Crippen LogP contribution in [0.4, 0.5) is 4.39 Å². The van der Waals surface area contributed by atoms with E-state index in [0.717, 1.165) is 5.56 Å². The van der Waals surface area contributed by atoms with Gasteiger partial charge in [-0.15, -0.1) is 0 Å². The summed E-state index contributed by atoms with van der Waals surface area (Å²) in [5.74, 6) is -1.13. The lowest BCUT2D eigenvalue weighted by Crippen LogP contribution is -2.52. The highest BCUT2D eigenvalue weighted by Crippen LogP contribution is 2.19. The number of sulfonamides is 1. The van der Waals surface area contributed by atoms with Gasteiger partial charge in [0.15, 0.2) is 0 Å². The highest BCUT2D eigenvalue weighted by atomic mass is 32.2. The molecule has 3 aromatic rings. The summed E-state index contributed by atoms with van der Waals surface area (Å²) < 4.78 is 41.7. The van der Waals surface area contributed by atoms with E-state index in [1.54, 1.807) is 36.4 Å². The largest absolute Gasteiger partial charge is 0.352 e. The van der Waals surface area contributed by atoms with Crippen LogP contribution in [0.3, 0.4) is 0 Å². The van der Waals surface area contributed by atoms with Crippen molar-refractivity contribution in [2.75, 3.05) is 13.6 Å². The van der Waals surface area contributed by atoms with Crippen LogP contribution < -0.4 is 5.32 Å². The standard InChI is InChI=1S/C31H38FN3O4S/c1-4-24(2)33-31(37)29(22-25-14-7-5-8-15-25)35(23-26-16-11-12-19-28(26)32)30(36)20-13-21-34(3)40(38,39)27-17-9-6-10-18-27/h5-12,14-19,24,29H,4,13,20-23H2,1-3H3,(H,33,37)/t24-,29+/m0/s1.